The van der Waals surface area contributed by atoms with Gasteiger partial charge in [0.1, 0.15) is 16.2 Å². The highest BCUT2D eigenvalue weighted by molar-refractivity contribution is 7.80. The molecule has 1 unspecified atom stereocenters. The smallest absolute Gasteiger partial charge is 0.348 e. The quantitative estimate of drug-likeness (QED) is 0.445. The van der Waals surface area contributed by atoms with Gasteiger partial charge in [0.2, 0.25) is 0 Å². The van der Waals surface area contributed by atoms with Crippen molar-refractivity contribution in [1.29, 1.82) is 0 Å². The Morgan fingerprint density at radius 3 is 2.40 bits per heavy atom. The van der Waals surface area contributed by atoms with E-state index in [2.05, 4.69) is 20.7 Å². The maximum Gasteiger partial charge on any atom is 0.431 e. The van der Waals surface area contributed by atoms with Crippen LogP contribution in [0.3, 0.4) is 0 Å². The van der Waals surface area contributed by atoms with Crippen LogP contribution >= 0.6 is 12.2 Å². The number of anilines is 1. The molecule has 1 aliphatic rings. The van der Waals surface area contributed by atoms with E-state index in [0.29, 0.717) is 6.07 Å². The van der Waals surface area contributed by atoms with E-state index in [4.69, 9.17) is 18.8 Å². The van der Waals surface area contributed by atoms with Crippen molar-refractivity contribution in [2.24, 2.45) is 5.10 Å². The third-order valence-corrected chi connectivity index (χ3v) is 4.02. The van der Waals surface area contributed by atoms with Crippen LogP contribution in [0.4, 0.5) is 37.7 Å². The zero-order valence-electron chi connectivity index (χ0n) is 12.5. The van der Waals surface area contributed by atoms with Crippen LogP contribution in [0.2, 0.25) is 0 Å². The van der Waals surface area contributed by atoms with Gasteiger partial charge in [0.05, 0.1) is 12.1 Å². The van der Waals surface area contributed by atoms with Crippen LogP contribution < -0.4 is 10.7 Å². The van der Waals surface area contributed by atoms with Crippen LogP contribution in [0, 0.1) is 6.57 Å². The molecular weight excluding hydrogens is 370 g/mol. The fourth-order valence-electron chi connectivity index (χ4n) is 2.11. The Balaban J connectivity index is 2.21. The van der Waals surface area contributed by atoms with Crippen molar-refractivity contribution in [3.05, 3.63) is 35.2 Å². The van der Waals surface area contributed by atoms with Crippen LogP contribution in [0.25, 0.3) is 4.85 Å². The third kappa shape index (κ3) is 4.01. The molecule has 2 N–H and O–H groups in total. The monoisotopic (exact) mass is 380 g/mol. The maximum absolute atomic E-state index is 13.0. The number of nitrogens with zero attached hydrogens (tertiary/aromatic N) is 2. The van der Waals surface area contributed by atoms with Gasteiger partial charge in [-0.2, -0.15) is 31.4 Å². The van der Waals surface area contributed by atoms with E-state index >= 15 is 0 Å². The second-order valence-corrected chi connectivity index (χ2v) is 5.88. The molecule has 0 radical (unpaired) electrons. The zero-order valence-corrected chi connectivity index (χ0v) is 13.3. The number of hydrogen-bond acceptors (Lipinski definition) is 3. The molecule has 1 aliphatic heterocycles. The van der Waals surface area contributed by atoms with Crippen LogP contribution in [-0.2, 0) is 6.18 Å². The average molecular weight is 380 g/mol. The normalized spacial score (nSPS) is 20.5. The number of benzene rings is 1. The van der Waals surface area contributed by atoms with E-state index in [1.165, 1.54) is 13.0 Å². The number of hydrogen-bond donors (Lipinski definition) is 2. The molecule has 0 saturated carbocycles. The predicted molar refractivity (Wildman–Crippen MR) is 83.6 cm³/mol. The van der Waals surface area contributed by atoms with Crippen molar-refractivity contribution in [3.63, 3.8) is 0 Å². The molecule has 134 valence electrons. The molecule has 1 atom stereocenters. The Bertz CT molecular complexity index is 777. The first-order chi connectivity index (χ1) is 11.4. The summed E-state index contributed by atoms with van der Waals surface area (Å²) in [7, 11) is 0. The minimum absolute atomic E-state index is 0.0896. The van der Waals surface area contributed by atoms with Crippen LogP contribution in [0.1, 0.15) is 18.9 Å². The van der Waals surface area contributed by atoms with Crippen LogP contribution in [0.15, 0.2) is 23.3 Å². The molecule has 0 fully saturated rings. The largest absolute Gasteiger partial charge is 0.431 e. The van der Waals surface area contributed by atoms with Crippen molar-refractivity contribution < 1.29 is 26.3 Å². The van der Waals surface area contributed by atoms with E-state index < -0.39 is 41.3 Å². The van der Waals surface area contributed by atoms with Crippen LogP contribution in [-0.4, -0.2) is 22.4 Å². The molecule has 1 heterocycles. The van der Waals surface area contributed by atoms with Crippen molar-refractivity contribution in [3.8, 4) is 0 Å². The molecule has 1 aromatic rings. The molecule has 0 aliphatic carbocycles. The molecule has 0 bridgehead atoms. The van der Waals surface area contributed by atoms with Gasteiger partial charge in [-0.3, -0.25) is 5.43 Å². The molecular formula is C14H10F6N4S. The number of thiocarbonyl (C=S) groups is 1. The zero-order chi connectivity index (χ0) is 19.0. The summed E-state index contributed by atoms with van der Waals surface area (Å²) in [5, 5.41) is 5.69. The number of rotatable bonds is 2. The molecule has 0 saturated heterocycles. The van der Waals surface area contributed by atoms with Gasteiger partial charge in [0.25, 0.3) is 0 Å². The maximum atomic E-state index is 13.0. The molecule has 1 aromatic carbocycles. The van der Waals surface area contributed by atoms with Crippen molar-refractivity contribution in [2.75, 3.05) is 5.32 Å². The highest BCUT2D eigenvalue weighted by atomic mass is 32.1. The first-order valence-corrected chi connectivity index (χ1v) is 7.09. The molecule has 4 nitrogen and oxygen atoms in total. The van der Waals surface area contributed by atoms with Crippen molar-refractivity contribution in [2.45, 2.75) is 31.2 Å². The first kappa shape index (κ1) is 19.0. The molecule has 11 heteroatoms. The number of halogens is 6. The minimum atomic E-state index is -4.75. The summed E-state index contributed by atoms with van der Waals surface area (Å²) in [4.78, 5) is 2.65. The lowest BCUT2D eigenvalue weighted by atomic mass is 9.96. The molecule has 0 aromatic heterocycles. The van der Waals surface area contributed by atoms with Gasteiger partial charge in [-0.25, -0.2) is 4.85 Å². The average Bonchev–Trinajstić information content (AvgIpc) is 2.90. The van der Waals surface area contributed by atoms with Gasteiger partial charge in [-0.15, -0.1) is 0 Å². The summed E-state index contributed by atoms with van der Waals surface area (Å²) in [6.07, 6.45) is -9.93. The van der Waals surface area contributed by atoms with E-state index in [0.717, 1.165) is 6.07 Å². The Hall–Kier alpha value is -2.35. The Kier molecular flexibility index (Phi) is 4.69. The van der Waals surface area contributed by atoms with Gasteiger partial charge in [0, 0.05) is 12.1 Å². The Morgan fingerprint density at radius 2 is 1.92 bits per heavy atom. The fraction of sp³-hybridized carbons (Fsp3) is 0.357. The highest BCUT2D eigenvalue weighted by Gasteiger charge is 2.46. The summed E-state index contributed by atoms with van der Waals surface area (Å²) in [6.45, 7) is 8.12. The summed E-state index contributed by atoms with van der Waals surface area (Å²) >= 11 is 5.03. The van der Waals surface area contributed by atoms with Gasteiger partial charge >= 0.3 is 12.4 Å². The summed E-state index contributed by atoms with van der Waals surface area (Å²) in [6, 6.07) is 2.84. The first-order valence-electron chi connectivity index (χ1n) is 6.68. The SMILES string of the molecule is [C-]#[N+]c1ccc(NC(=S)C2(C)CC(C(F)(F)F)=NN2)cc1C(F)(F)F. The summed E-state index contributed by atoms with van der Waals surface area (Å²) in [5.74, 6) is 0. The van der Waals surface area contributed by atoms with Gasteiger partial charge < -0.3 is 5.32 Å². The van der Waals surface area contributed by atoms with Crippen LogP contribution in [0.5, 0.6) is 0 Å². The molecule has 2 rings (SSSR count). The van der Waals surface area contributed by atoms with Gasteiger partial charge in [-0.05, 0) is 19.1 Å². The Morgan fingerprint density at radius 1 is 1.28 bits per heavy atom. The van der Waals surface area contributed by atoms with Crippen molar-refractivity contribution >= 4 is 34.3 Å². The molecule has 0 spiro atoms. The van der Waals surface area contributed by atoms with E-state index in [9.17, 15) is 26.3 Å². The highest BCUT2D eigenvalue weighted by Crippen LogP contribution is 2.38. The van der Waals surface area contributed by atoms with Gasteiger partial charge in [-0.1, -0.05) is 18.3 Å². The summed E-state index contributed by atoms with van der Waals surface area (Å²) < 4.78 is 76.9. The van der Waals surface area contributed by atoms with E-state index in [1.54, 1.807) is 0 Å². The lowest BCUT2D eigenvalue weighted by molar-refractivity contribution is -0.136. The number of alkyl halides is 6. The molecule has 0 amide bonds. The number of hydrazone groups is 1. The fourth-order valence-corrected chi connectivity index (χ4v) is 2.34. The van der Waals surface area contributed by atoms with Crippen molar-refractivity contribution in [1.82, 2.24) is 5.43 Å². The minimum Gasteiger partial charge on any atom is -0.348 e. The van der Waals surface area contributed by atoms with Gasteiger partial charge in [0.15, 0.2) is 5.69 Å². The second kappa shape index (κ2) is 6.18. The summed E-state index contributed by atoms with van der Waals surface area (Å²) in [5.41, 5.74) is -2.01. The predicted octanol–water partition coefficient (Wildman–Crippen LogP) is 4.67. The lowest BCUT2D eigenvalue weighted by Gasteiger charge is -2.26. The Labute approximate surface area is 143 Å². The topological polar surface area (TPSA) is 40.8 Å². The third-order valence-electron chi connectivity index (χ3n) is 3.47. The van der Waals surface area contributed by atoms with E-state index in [1.807, 2.05) is 0 Å². The van der Waals surface area contributed by atoms with E-state index in [-0.39, 0.29) is 10.7 Å². The molecule has 25 heavy (non-hydrogen) atoms. The number of nitrogens with one attached hydrogen (secondary N) is 2. The standard InChI is InChI=1S/C14H10F6N4S/c1-12(6-10(23-24-12)14(18,19)20)11(25)22-7-3-4-9(21-2)8(5-7)13(15,16)17/h3-5,24H,6H2,1H3,(H,22,25). The lowest BCUT2D eigenvalue weighted by Crippen LogP contribution is -2.47. The second-order valence-electron chi connectivity index (χ2n) is 5.47.